The highest BCUT2D eigenvalue weighted by Crippen LogP contribution is 2.26. The first-order valence-corrected chi connectivity index (χ1v) is 3.90. The lowest BCUT2D eigenvalue weighted by atomic mass is 9.99. The van der Waals surface area contributed by atoms with Crippen LogP contribution in [0.15, 0.2) is 0 Å². The monoisotopic (exact) mass is 158 g/mol. The van der Waals surface area contributed by atoms with Crippen molar-refractivity contribution in [3.63, 3.8) is 0 Å². The molecule has 1 aliphatic heterocycles. The molecule has 0 spiro atoms. The van der Waals surface area contributed by atoms with E-state index in [2.05, 4.69) is 6.92 Å². The molecule has 0 aromatic heterocycles. The van der Waals surface area contributed by atoms with Crippen molar-refractivity contribution in [3.05, 3.63) is 0 Å². The van der Waals surface area contributed by atoms with Crippen LogP contribution in [0.5, 0.6) is 0 Å². The van der Waals surface area contributed by atoms with Crippen LogP contribution >= 0.6 is 0 Å². The summed E-state index contributed by atoms with van der Waals surface area (Å²) in [6.07, 6.45) is -0.317. The van der Waals surface area contributed by atoms with E-state index < -0.39 is 0 Å². The van der Waals surface area contributed by atoms with Crippen LogP contribution in [0.1, 0.15) is 20.8 Å². The molecule has 11 heavy (non-hydrogen) atoms. The molecule has 3 atom stereocenters. The molecule has 0 aliphatic carbocycles. The van der Waals surface area contributed by atoms with Crippen LogP contribution in [0.2, 0.25) is 0 Å². The van der Waals surface area contributed by atoms with Gasteiger partial charge in [-0.3, -0.25) is 4.79 Å². The third kappa shape index (κ3) is 1.93. The van der Waals surface area contributed by atoms with Crippen molar-refractivity contribution >= 4 is 5.97 Å². The van der Waals surface area contributed by atoms with Gasteiger partial charge in [0, 0.05) is 12.8 Å². The van der Waals surface area contributed by atoms with E-state index in [0.29, 0.717) is 18.4 Å². The Morgan fingerprint density at radius 2 is 2.18 bits per heavy atom. The molecule has 1 unspecified atom stereocenters. The van der Waals surface area contributed by atoms with Gasteiger partial charge in [0.2, 0.25) is 6.29 Å². The summed E-state index contributed by atoms with van der Waals surface area (Å²) in [5.41, 5.74) is 0. The molecule has 0 saturated carbocycles. The van der Waals surface area contributed by atoms with Crippen LogP contribution < -0.4 is 0 Å². The maximum absolute atomic E-state index is 10.5. The summed E-state index contributed by atoms with van der Waals surface area (Å²) in [5.74, 6) is 0.536. The lowest BCUT2D eigenvalue weighted by Crippen LogP contribution is -2.21. The van der Waals surface area contributed by atoms with Crippen molar-refractivity contribution in [1.82, 2.24) is 0 Å². The number of hydrogen-bond acceptors (Lipinski definition) is 3. The highest BCUT2D eigenvalue weighted by atomic mass is 16.7. The van der Waals surface area contributed by atoms with Gasteiger partial charge < -0.3 is 9.47 Å². The predicted molar refractivity (Wildman–Crippen MR) is 39.8 cm³/mol. The Morgan fingerprint density at radius 1 is 1.55 bits per heavy atom. The van der Waals surface area contributed by atoms with Gasteiger partial charge in [0.15, 0.2) is 0 Å². The number of carbonyl (C=O) groups is 1. The zero-order valence-electron chi connectivity index (χ0n) is 7.16. The van der Waals surface area contributed by atoms with Gasteiger partial charge in [-0.25, -0.2) is 0 Å². The minimum absolute atomic E-state index is 0.268. The van der Waals surface area contributed by atoms with Crippen molar-refractivity contribution in [2.24, 2.45) is 11.8 Å². The van der Waals surface area contributed by atoms with Gasteiger partial charge in [-0.2, -0.15) is 0 Å². The van der Waals surface area contributed by atoms with Crippen molar-refractivity contribution in [2.75, 3.05) is 6.61 Å². The molecule has 3 heteroatoms. The molecule has 3 nitrogen and oxygen atoms in total. The SMILES string of the molecule is CC(=O)OC1OC[C@H](C)[C@H]1C. The van der Waals surface area contributed by atoms with Crippen LogP contribution in [-0.4, -0.2) is 18.9 Å². The lowest BCUT2D eigenvalue weighted by molar-refractivity contribution is -0.172. The van der Waals surface area contributed by atoms with Crippen LogP contribution in [0, 0.1) is 11.8 Å². The average Bonchev–Trinajstić information content (AvgIpc) is 2.18. The molecule has 1 heterocycles. The van der Waals surface area contributed by atoms with Gasteiger partial charge in [0.25, 0.3) is 0 Å². The topological polar surface area (TPSA) is 35.5 Å². The van der Waals surface area contributed by atoms with Crippen LogP contribution in [0.3, 0.4) is 0 Å². The Hall–Kier alpha value is -0.570. The van der Waals surface area contributed by atoms with Gasteiger partial charge in [-0.1, -0.05) is 13.8 Å². The first-order valence-electron chi connectivity index (χ1n) is 3.90. The maximum Gasteiger partial charge on any atom is 0.304 e. The van der Waals surface area contributed by atoms with E-state index >= 15 is 0 Å². The fourth-order valence-corrected chi connectivity index (χ4v) is 1.12. The molecule has 0 radical (unpaired) electrons. The third-order valence-electron chi connectivity index (χ3n) is 2.13. The number of esters is 1. The minimum Gasteiger partial charge on any atom is -0.436 e. The minimum atomic E-state index is -0.317. The molecule has 0 aromatic carbocycles. The Morgan fingerprint density at radius 3 is 2.55 bits per heavy atom. The number of ether oxygens (including phenoxy) is 2. The van der Waals surface area contributed by atoms with Gasteiger partial charge in [0.1, 0.15) is 0 Å². The lowest BCUT2D eigenvalue weighted by Gasteiger charge is -2.15. The Balaban J connectivity index is 2.42. The molecule has 1 fully saturated rings. The fourth-order valence-electron chi connectivity index (χ4n) is 1.12. The van der Waals surface area contributed by atoms with Gasteiger partial charge >= 0.3 is 5.97 Å². The van der Waals surface area contributed by atoms with Crippen LogP contribution in [0.25, 0.3) is 0 Å². The normalized spacial score (nSPS) is 37.2. The van der Waals surface area contributed by atoms with Crippen molar-refractivity contribution in [3.8, 4) is 0 Å². The standard InChI is InChI=1S/C8H14O3/c1-5-4-10-8(6(5)2)11-7(3)9/h5-6,8H,4H2,1-3H3/t5-,6+,8?/m0/s1. The van der Waals surface area contributed by atoms with E-state index in [1.807, 2.05) is 6.92 Å². The summed E-state index contributed by atoms with van der Waals surface area (Å²) >= 11 is 0. The largest absolute Gasteiger partial charge is 0.436 e. The number of carbonyl (C=O) groups excluding carboxylic acids is 1. The van der Waals surface area contributed by atoms with Crippen molar-refractivity contribution in [1.29, 1.82) is 0 Å². The Kier molecular flexibility index (Phi) is 2.49. The molecular weight excluding hydrogens is 144 g/mol. The third-order valence-corrected chi connectivity index (χ3v) is 2.13. The van der Waals surface area contributed by atoms with Crippen LogP contribution in [0.4, 0.5) is 0 Å². The molecule has 1 saturated heterocycles. The van der Waals surface area contributed by atoms with Crippen LogP contribution in [-0.2, 0) is 14.3 Å². The molecule has 0 N–H and O–H groups in total. The summed E-state index contributed by atoms with van der Waals surface area (Å²) in [4.78, 5) is 10.5. The zero-order chi connectivity index (χ0) is 8.43. The van der Waals surface area contributed by atoms with E-state index in [0.717, 1.165) is 0 Å². The average molecular weight is 158 g/mol. The van der Waals surface area contributed by atoms with Gasteiger partial charge in [-0.15, -0.1) is 0 Å². The molecular formula is C8H14O3. The van der Waals surface area contributed by atoms with E-state index in [1.54, 1.807) is 0 Å². The van der Waals surface area contributed by atoms with E-state index in [9.17, 15) is 4.79 Å². The highest BCUT2D eigenvalue weighted by molar-refractivity contribution is 5.66. The molecule has 0 amide bonds. The summed E-state index contributed by atoms with van der Waals surface area (Å²) < 4.78 is 10.2. The molecule has 1 rings (SSSR count). The second-order valence-corrected chi connectivity index (χ2v) is 3.15. The van der Waals surface area contributed by atoms with E-state index in [-0.39, 0.29) is 12.3 Å². The molecule has 0 bridgehead atoms. The second-order valence-electron chi connectivity index (χ2n) is 3.15. The summed E-state index contributed by atoms with van der Waals surface area (Å²) in [7, 11) is 0. The number of hydrogen-bond donors (Lipinski definition) is 0. The van der Waals surface area contributed by atoms with Gasteiger partial charge in [-0.05, 0) is 5.92 Å². The van der Waals surface area contributed by atoms with E-state index in [4.69, 9.17) is 9.47 Å². The van der Waals surface area contributed by atoms with Crippen molar-refractivity contribution < 1.29 is 14.3 Å². The predicted octanol–water partition coefficient (Wildman–Crippen LogP) is 1.18. The Bertz CT molecular complexity index is 155. The Labute approximate surface area is 66.7 Å². The second kappa shape index (κ2) is 3.22. The molecule has 1 aliphatic rings. The number of rotatable bonds is 1. The van der Waals surface area contributed by atoms with Crippen molar-refractivity contribution in [2.45, 2.75) is 27.1 Å². The molecule has 0 aromatic rings. The van der Waals surface area contributed by atoms with E-state index in [1.165, 1.54) is 6.92 Å². The first-order chi connectivity index (χ1) is 5.11. The first kappa shape index (κ1) is 8.53. The van der Waals surface area contributed by atoms with Gasteiger partial charge in [0.05, 0.1) is 6.61 Å². The highest BCUT2D eigenvalue weighted by Gasteiger charge is 2.32. The summed E-state index contributed by atoms with van der Waals surface area (Å²) in [5, 5.41) is 0. The quantitative estimate of drug-likeness (QED) is 0.537. The summed E-state index contributed by atoms with van der Waals surface area (Å²) in [6.45, 7) is 6.22. The molecule has 64 valence electrons. The fraction of sp³-hybridized carbons (Fsp3) is 0.875. The smallest absolute Gasteiger partial charge is 0.304 e. The summed E-state index contributed by atoms with van der Waals surface area (Å²) in [6, 6.07) is 0. The maximum atomic E-state index is 10.5. The zero-order valence-corrected chi connectivity index (χ0v) is 7.16.